The first-order chi connectivity index (χ1) is 8.44. The summed E-state index contributed by atoms with van der Waals surface area (Å²) in [6, 6.07) is 0. The van der Waals surface area contributed by atoms with Crippen LogP contribution in [0.25, 0.3) is 0 Å². The third-order valence-electron chi connectivity index (χ3n) is 3.61. The van der Waals surface area contributed by atoms with Crippen LogP contribution < -0.4 is 0 Å². The lowest BCUT2D eigenvalue weighted by Crippen LogP contribution is -2.35. The first kappa shape index (κ1) is 14.1. The van der Waals surface area contributed by atoms with Crippen molar-refractivity contribution in [2.75, 3.05) is 38.5 Å². The zero-order valence-corrected chi connectivity index (χ0v) is 11.9. The van der Waals surface area contributed by atoms with Gasteiger partial charge in [0.05, 0.1) is 5.75 Å². The second-order valence-corrected chi connectivity index (χ2v) is 7.99. The van der Waals surface area contributed by atoms with Crippen LogP contribution in [-0.2, 0) is 13.8 Å². The van der Waals surface area contributed by atoms with Gasteiger partial charge in [-0.3, -0.25) is 4.79 Å². The maximum atomic E-state index is 11.7. The molecule has 0 aromatic heterocycles. The zero-order chi connectivity index (χ0) is 13.2. The smallest absolute Gasteiger partial charge is 0.232 e. The quantitative estimate of drug-likeness (QED) is 0.693. The van der Waals surface area contributed by atoms with E-state index in [9.17, 15) is 13.2 Å². The van der Waals surface area contributed by atoms with Gasteiger partial charge in [-0.2, -0.15) is 0 Å². The van der Waals surface area contributed by atoms with Gasteiger partial charge in [-0.05, 0) is 25.9 Å². The summed E-state index contributed by atoms with van der Waals surface area (Å²) in [6.45, 7) is 4.35. The molecule has 0 radical (unpaired) electrons. The van der Waals surface area contributed by atoms with E-state index in [1.54, 1.807) is 4.90 Å². The van der Waals surface area contributed by atoms with Crippen LogP contribution in [0.15, 0.2) is 0 Å². The Labute approximate surface area is 112 Å². The van der Waals surface area contributed by atoms with Crippen molar-refractivity contribution in [3.63, 3.8) is 0 Å². The van der Waals surface area contributed by atoms with Crippen molar-refractivity contribution >= 4 is 25.6 Å². The number of hydrogen-bond acceptors (Lipinski definition) is 4. The third kappa shape index (κ3) is 4.10. The van der Waals surface area contributed by atoms with Crippen LogP contribution in [-0.4, -0.2) is 62.6 Å². The van der Waals surface area contributed by atoms with Gasteiger partial charge in [0, 0.05) is 42.7 Å². The molecule has 2 aliphatic rings. The fourth-order valence-electron chi connectivity index (χ4n) is 2.73. The summed E-state index contributed by atoms with van der Waals surface area (Å²) < 4.78 is 22.0. The molecule has 0 aromatic carbocycles. The van der Waals surface area contributed by atoms with Gasteiger partial charge in [0.2, 0.25) is 15.0 Å². The molecule has 1 atom stereocenters. The van der Waals surface area contributed by atoms with E-state index in [1.807, 2.05) is 0 Å². The molecule has 2 aliphatic heterocycles. The fourth-order valence-corrected chi connectivity index (χ4v) is 4.05. The van der Waals surface area contributed by atoms with E-state index in [4.69, 9.17) is 10.7 Å². The average Bonchev–Trinajstić information content (AvgIpc) is 2.83. The minimum Gasteiger partial charge on any atom is -0.341 e. The SMILES string of the molecule is O=C1CC(CS(=O)(=O)Cl)CN1CCN1CCCC1. The highest BCUT2D eigenvalue weighted by molar-refractivity contribution is 8.13. The molecule has 7 heteroatoms. The number of hydrogen-bond donors (Lipinski definition) is 0. The molecule has 0 spiro atoms. The number of likely N-dealkylation sites (tertiary alicyclic amines) is 2. The minimum atomic E-state index is -3.50. The normalized spacial score (nSPS) is 26.2. The highest BCUT2D eigenvalue weighted by Crippen LogP contribution is 2.21. The number of rotatable bonds is 5. The Kier molecular flexibility index (Phi) is 4.50. The molecule has 104 valence electrons. The van der Waals surface area contributed by atoms with Crippen molar-refractivity contribution in [1.29, 1.82) is 0 Å². The summed E-state index contributed by atoms with van der Waals surface area (Å²) in [5, 5.41) is 0. The molecule has 0 N–H and O–H groups in total. The molecule has 0 aliphatic carbocycles. The van der Waals surface area contributed by atoms with Crippen LogP contribution in [0, 0.1) is 5.92 Å². The number of carbonyl (C=O) groups excluding carboxylic acids is 1. The molecular weight excluding hydrogens is 276 g/mol. The standard InChI is InChI=1S/C11H19ClN2O3S/c12-18(16,17)9-10-7-11(15)14(8-10)6-5-13-3-1-2-4-13/h10H,1-9H2. The summed E-state index contributed by atoms with van der Waals surface area (Å²) in [5.74, 6) is -0.182. The van der Waals surface area contributed by atoms with Crippen LogP contribution in [0.3, 0.4) is 0 Å². The van der Waals surface area contributed by atoms with Crippen LogP contribution in [0.2, 0.25) is 0 Å². The van der Waals surface area contributed by atoms with Gasteiger partial charge in [0.25, 0.3) is 0 Å². The largest absolute Gasteiger partial charge is 0.341 e. The molecular formula is C11H19ClN2O3S. The summed E-state index contributed by atoms with van der Waals surface area (Å²) >= 11 is 0. The summed E-state index contributed by atoms with van der Waals surface area (Å²) in [7, 11) is 1.72. The Morgan fingerprint density at radius 2 is 1.89 bits per heavy atom. The molecule has 1 amide bonds. The highest BCUT2D eigenvalue weighted by atomic mass is 35.7. The van der Waals surface area contributed by atoms with Crippen molar-refractivity contribution in [2.45, 2.75) is 19.3 Å². The summed E-state index contributed by atoms with van der Waals surface area (Å²) in [6.07, 6.45) is 2.79. The van der Waals surface area contributed by atoms with E-state index >= 15 is 0 Å². The molecule has 2 heterocycles. The van der Waals surface area contributed by atoms with E-state index < -0.39 is 9.05 Å². The molecule has 0 bridgehead atoms. The number of nitrogens with zero attached hydrogens (tertiary/aromatic N) is 2. The van der Waals surface area contributed by atoms with Gasteiger partial charge in [-0.15, -0.1) is 0 Å². The molecule has 18 heavy (non-hydrogen) atoms. The Hall–Kier alpha value is -0.330. The van der Waals surface area contributed by atoms with E-state index in [1.165, 1.54) is 12.8 Å². The van der Waals surface area contributed by atoms with E-state index in [0.29, 0.717) is 19.5 Å². The predicted octanol–water partition coefficient (Wildman–Crippen LogP) is 0.499. The van der Waals surface area contributed by atoms with Gasteiger partial charge in [-0.25, -0.2) is 8.42 Å². The topological polar surface area (TPSA) is 57.7 Å². The maximum Gasteiger partial charge on any atom is 0.232 e. The van der Waals surface area contributed by atoms with Crippen molar-refractivity contribution in [1.82, 2.24) is 9.80 Å². The zero-order valence-electron chi connectivity index (χ0n) is 10.3. The predicted molar refractivity (Wildman–Crippen MR) is 70.0 cm³/mol. The Balaban J connectivity index is 1.78. The molecule has 2 rings (SSSR count). The maximum absolute atomic E-state index is 11.7. The first-order valence-electron chi connectivity index (χ1n) is 6.36. The lowest BCUT2D eigenvalue weighted by molar-refractivity contribution is -0.127. The first-order valence-corrected chi connectivity index (χ1v) is 8.84. The van der Waals surface area contributed by atoms with E-state index in [0.717, 1.165) is 19.6 Å². The van der Waals surface area contributed by atoms with Crippen LogP contribution in [0.5, 0.6) is 0 Å². The molecule has 0 aromatic rings. The van der Waals surface area contributed by atoms with Crippen LogP contribution in [0.4, 0.5) is 0 Å². The monoisotopic (exact) mass is 294 g/mol. The Morgan fingerprint density at radius 1 is 1.22 bits per heavy atom. The highest BCUT2D eigenvalue weighted by Gasteiger charge is 2.32. The van der Waals surface area contributed by atoms with Crippen molar-refractivity contribution in [3.8, 4) is 0 Å². The number of halogens is 1. The lowest BCUT2D eigenvalue weighted by atomic mass is 10.1. The van der Waals surface area contributed by atoms with Crippen LogP contribution >= 0.6 is 10.7 Å². The second kappa shape index (κ2) is 5.75. The molecule has 5 nitrogen and oxygen atoms in total. The van der Waals surface area contributed by atoms with Gasteiger partial charge in [0.15, 0.2) is 0 Å². The van der Waals surface area contributed by atoms with Gasteiger partial charge < -0.3 is 9.80 Å². The fraction of sp³-hybridized carbons (Fsp3) is 0.909. The molecule has 2 fully saturated rings. The van der Waals surface area contributed by atoms with Crippen molar-refractivity contribution in [2.24, 2.45) is 5.92 Å². The minimum absolute atomic E-state index is 0.0551. The third-order valence-corrected chi connectivity index (χ3v) is 4.86. The molecule has 1 unspecified atom stereocenters. The summed E-state index contributed by atoms with van der Waals surface area (Å²) in [5.41, 5.74) is 0. The summed E-state index contributed by atoms with van der Waals surface area (Å²) in [4.78, 5) is 15.9. The lowest BCUT2D eigenvalue weighted by Gasteiger charge is -2.21. The van der Waals surface area contributed by atoms with Crippen molar-refractivity contribution in [3.05, 3.63) is 0 Å². The van der Waals surface area contributed by atoms with Gasteiger partial charge >= 0.3 is 0 Å². The number of carbonyl (C=O) groups is 1. The number of amides is 1. The molecule has 2 saturated heterocycles. The van der Waals surface area contributed by atoms with E-state index in [-0.39, 0.29) is 17.6 Å². The Morgan fingerprint density at radius 3 is 2.50 bits per heavy atom. The van der Waals surface area contributed by atoms with E-state index in [2.05, 4.69) is 4.90 Å². The Bertz CT molecular complexity index is 407. The van der Waals surface area contributed by atoms with Gasteiger partial charge in [-0.1, -0.05) is 0 Å². The van der Waals surface area contributed by atoms with Crippen molar-refractivity contribution < 1.29 is 13.2 Å². The molecule has 0 saturated carbocycles. The average molecular weight is 295 g/mol. The van der Waals surface area contributed by atoms with Gasteiger partial charge in [0.1, 0.15) is 0 Å². The second-order valence-electron chi connectivity index (χ2n) is 5.16. The van der Waals surface area contributed by atoms with Crippen LogP contribution in [0.1, 0.15) is 19.3 Å².